The summed E-state index contributed by atoms with van der Waals surface area (Å²) in [6.07, 6.45) is 1.91. The van der Waals surface area contributed by atoms with E-state index in [9.17, 15) is 4.39 Å². The fourth-order valence-corrected chi connectivity index (χ4v) is 2.52. The van der Waals surface area contributed by atoms with Crippen LogP contribution in [-0.2, 0) is 6.54 Å². The third-order valence-electron chi connectivity index (χ3n) is 3.98. The van der Waals surface area contributed by atoms with E-state index in [4.69, 9.17) is 0 Å². The molecule has 0 radical (unpaired) electrons. The Morgan fingerprint density at radius 2 is 1.77 bits per heavy atom. The Morgan fingerprint density at radius 1 is 1.05 bits per heavy atom. The van der Waals surface area contributed by atoms with Crippen molar-refractivity contribution in [3.05, 3.63) is 54.0 Å². The predicted molar refractivity (Wildman–Crippen MR) is 87.7 cm³/mol. The van der Waals surface area contributed by atoms with Crippen LogP contribution in [0, 0.1) is 5.82 Å². The maximum Gasteiger partial charge on any atom is 0.128 e. The van der Waals surface area contributed by atoms with Gasteiger partial charge < -0.3 is 15.1 Å². The summed E-state index contributed by atoms with van der Waals surface area (Å²) >= 11 is 0. The first kappa shape index (κ1) is 14.8. The van der Waals surface area contributed by atoms with Gasteiger partial charge in [-0.25, -0.2) is 9.37 Å². The van der Waals surface area contributed by atoms with Crippen molar-refractivity contribution in [1.82, 2.24) is 9.88 Å². The first-order valence-corrected chi connectivity index (χ1v) is 7.58. The topological polar surface area (TPSA) is 31.4 Å². The second kappa shape index (κ2) is 6.75. The first-order valence-electron chi connectivity index (χ1n) is 7.58. The van der Waals surface area contributed by atoms with Crippen LogP contribution in [0.3, 0.4) is 0 Å². The average molecular weight is 300 g/mol. The molecule has 0 aliphatic carbocycles. The summed E-state index contributed by atoms with van der Waals surface area (Å²) in [6.45, 7) is 4.89. The Hall–Kier alpha value is -2.14. The minimum Gasteiger partial charge on any atom is -0.381 e. The number of pyridine rings is 1. The fraction of sp³-hybridized carbons (Fsp3) is 0.353. The molecule has 0 atom stereocenters. The number of halogens is 1. The van der Waals surface area contributed by atoms with Gasteiger partial charge in [-0.3, -0.25) is 0 Å². The Bertz CT molecular complexity index is 589. The minimum absolute atomic E-state index is 0.219. The molecule has 0 amide bonds. The molecule has 116 valence electrons. The Labute approximate surface area is 130 Å². The number of piperazine rings is 1. The molecule has 1 fully saturated rings. The van der Waals surface area contributed by atoms with Gasteiger partial charge in [-0.15, -0.1) is 0 Å². The van der Waals surface area contributed by atoms with Gasteiger partial charge in [-0.05, 0) is 42.9 Å². The van der Waals surface area contributed by atoms with Crippen molar-refractivity contribution in [2.75, 3.05) is 43.4 Å². The van der Waals surface area contributed by atoms with E-state index in [0.717, 1.165) is 43.2 Å². The molecule has 22 heavy (non-hydrogen) atoms. The van der Waals surface area contributed by atoms with Crippen molar-refractivity contribution < 1.29 is 4.39 Å². The normalized spacial score (nSPS) is 15.8. The molecule has 2 heterocycles. The van der Waals surface area contributed by atoms with Crippen LogP contribution in [-0.4, -0.2) is 43.1 Å². The molecule has 1 aliphatic rings. The highest BCUT2D eigenvalue weighted by atomic mass is 19.1. The highest BCUT2D eigenvalue weighted by molar-refractivity contribution is 5.44. The number of nitrogens with one attached hydrogen (secondary N) is 1. The van der Waals surface area contributed by atoms with Crippen LogP contribution in [0.25, 0.3) is 0 Å². The van der Waals surface area contributed by atoms with Crippen LogP contribution in [0.2, 0.25) is 0 Å². The number of hydrogen-bond donors (Lipinski definition) is 1. The SMILES string of the molecule is CN1CCN(c2ccc(CNc3ccc(F)cc3)cn2)CC1. The molecule has 4 nitrogen and oxygen atoms in total. The lowest BCUT2D eigenvalue weighted by Crippen LogP contribution is -2.44. The van der Waals surface area contributed by atoms with Gasteiger partial charge in [0, 0.05) is 44.6 Å². The zero-order chi connectivity index (χ0) is 15.4. The lowest BCUT2D eigenvalue weighted by Gasteiger charge is -2.33. The molecule has 1 aromatic carbocycles. The molecule has 1 aliphatic heterocycles. The number of benzene rings is 1. The summed E-state index contributed by atoms with van der Waals surface area (Å²) in [5.74, 6) is 0.822. The van der Waals surface area contributed by atoms with Crippen LogP contribution >= 0.6 is 0 Å². The third-order valence-corrected chi connectivity index (χ3v) is 3.98. The van der Waals surface area contributed by atoms with Gasteiger partial charge >= 0.3 is 0 Å². The zero-order valence-electron chi connectivity index (χ0n) is 12.8. The van der Waals surface area contributed by atoms with Crippen molar-refractivity contribution in [2.45, 2.75) is 6.54 Å². The van der Waals surface area contributed by atoms with Crippen molar-refractivity contribution >= 4 is 11.5 Å². The molecule has 1 aromatic heterocycles. The maximum atomic E-state index is 12.8. The summed E-state index contributed by atoms with van der Waals surface area (Å²) in [6, 6.07) is 10.6. The van der Waals surface area contributed by atoms with Crippen LogP contribution in [0.5, 0.6) is 0 Å². The van der Waals surface area contributed by atoms with Crippen molar-refractivity contribution in [3.8, 4) is 0 Å². The van der Waals surface area contributed by atoms with Crippen LogP contribution in [0.15, 0.2) is 42.6 Å². The van der Waals surface area contributed by atoms with Gasteiger partial charge in [0.2, 0.25) is 0 Å². The summed E-state index contributed by atoms with van der Waals surface area (Å²) in [5, 5.41) is 3.27. The lowest BCUT2D eigenvalue weighted by molar-refractivity contribution is 0.312. The van der Waals surface area contributed by atoms with Gasteiger partial charge in [-0.2, -0.15) is 0 Å². The molecule has 1 saturated heterocycles. The molecular formula is C17H21FN4. The Morgan fingerprint density at radius 3 is 2.41 bits per heavy atom. The van der Waals surface area contributed by atoms with Crippen LogP contribution in [0.1, 0.15) is 5.56 Å². The number of rotatable bonds is 4. The molecule has 0 bridgehead atoms. The van der Waals surface area contributed by atoms with Crippen LogP contribution in [0.4, 0.5) is 15.9 Å². The largest absolute Gasteiger partial charge is 0.381 e. The summed E-state index contributed by atoms with van der Waals surface area (Å²) < 4.78 is 12.8. The van der Waals surface area contributed by atoms with E-state index < -0.39 is 0 Å². The molecule has 1 N–H and O–H groups in total. The number of hydrogen-bond acceptors (Lipinski definition) is 4. The summed E-state index contributed by atoms with van der Waals surface area (Å²) in [4.78, 5) is 9.21. The van der Waals surface area contributed by atoms with Crippen molar-refractivity contribution in [1.29, 1.82) is 0 Å². The molecule has 2 aromatic rings. The second-order valence-electron chi connectivity index (χ2n) is 5.68. The Kier molecular flexibility index (Phi) is 4.53. The van der Waals surface area contributed by atoms with Gasteiger partial charge in [0.25, 0.3) is 0 Å². The molecular weight excluding hydrogens is 279 g/mol. The quantitative estimate of drug-likeness (QED) is 0.940. The van der Waals surface area contributed by atoms with Crippen LogP contribution < -0.4 is 10.2 Å². The van der Waals surface area contributed by atoms with E-state index in [0.29, 0.717) is 6.54 Å². The van der Waals surface area contributed by atoms with Gasteiger partial charge in [0.15, 0.2) is 0 Å². The average Bonchev–Trinajstić information content (AvgIpc) is 2.56. The molecule has 0 unspecified atom stereocenters. The van der Waals surface area contributed by atoms with E-state index in [1.165, 1.54) is 12.1 Å². The highest BCUT2D eigenvalue weighted by Crippen LogP contribution is 2.15. The fourth-order valence-electron chi connectivity index (χ4n) is 2.52. The van der Waals surface area contributed by atoms with Crippen molar-refractivity contribution in [2.24, 2.45) is 0 Å². The van der Waals surface area contributed by atoms with E-state index in [-0.39, 0.29) is 5.82 Å². The zero-order valence-corrected chi connectivity index (χ0v) is 12.8. The van der Waals surface area contributed by atoms with E-state index in [2.05, 4.69) is 39.3 Å². The van der Waals surface area contributed by atoms with E-state index in [1.54, 1.807) is 12.1 Å². The molecule has 0 saturated carbocycles. The molecule has 0 spiro atoms. The third kappa shape index (κ3) is 3.74. The Balaban J connectivity index is 1.56. The van der Waals surface area contributed by atoms with Gasteiger partial charge in [0.05, 0.1) is 0 Å². The number of likely N-dealkylation sites (N-methyl/N-ethyl adjacent to an activating group) is 1. The number of anilines is 2. The standard InChI is InChI=1S/C17H21FN4/c1-21-8-10-22(11-9-21)17-7-2-14(13-20-17)12-19-16-5-3-15(18)4-6-16/h2-7,13,19H,8-12H2,1H3. The molecule has 5 heteroatoms. The summed E-state index contributed by atoms with van der Waals surface area (Å²) in [5.41, 5.74) is 2.02. The lowest BCUT2D eigenvalue weighted by atomic mass is 10.2. The predicted octanol–water partition coefficient (Wildman–Crippen LogP) is 2.58. The van der Waals surface area contributed by atoms with E-state index >= 15 is 0 Å². The first-order chi connectivity index (χ1) is 10.7. The van der Waals surface area contributed by atoms with Gasteiger partial charge in [-0.1, -0.05) is 6.07 Å². The highest BCUT2D eigenvalue weighted by Gasteiger charge is 2.14. The molecule has 3 rings (SSSR count). The maximum absolute atomic E-state index is 12.8. The monoisotopic (exact) mass is 300 g/mol. The second-order valence-corrected chi connectivity index (χ2v) is 5.68. The smallest absolute Gasteiger partial charge is 0.128 e. The minimum atomic E-state index is -0.219. The number of aromatic nitrogens is 1. The number of nitrogens with zero attached hydrogens (tertiary/aromatic N) is 3. The van der Waals surface area contributed by atoms with Crippen molar-refractivity contribution in [3.63, 3.8) is 0 Å². The van der Waals surface area contributed by atoms with Gasteiger partial charge in [0.1, 0.15) is 11.6 Å². The summed E-state index contributed by atoms with van der Waals surface area (Å²) in [7, 11) is 2.15. The van der Waals surface area contributed by atoms with E-state index in [1.807, 2.05) is 6.20 Å².